The number of carbonyl (C=O) groups excluding carboxylic acids is 1. The van der Waals surface area contributed by atoms with Crippen LogP contribution >= 0.6 is 27.5 Å². The normalized spacial score (nSPS) is 21.0. The minimum Gasteiger partial charge on any atom is -0.482 e. The molecule has 22 heavy (non-hydrogen) atoms. The Bertz CT molecular complexity index is 582. The summed E-state index contributed by atoms with van der Waals surface area (Å²) in [6.07, 6.45) is -0.00214. The van der Waals surface area contributed by atoms with E-state index in [0.717, 1.165) is 4.47 Å². The molecule has 120 valence electrons. The molecule has 6 nitrogen and oxygen atoms in total. The van der Waals surface area contributed by atoms with Gasteiger partial charge >= 0.3 is 5.97 Å². The maximum atomic E-state index is 12.2. The first-order valence-electron chi connectivity index (χ1n) is 6.55. The molecule has 1 aromatic rings. The van der Waals surface area contributed by atoms with E-state index in [0.29, 0.717) is 10.8 Å². The molecule has 8 heteroatoms. The van der Waals surface area contributed by atoms with E-state index < -0.39 is 17.9 Å². The van der Waals surface area contributed by atoms with E-state index in [4.69, 9.17) is 21.1 Å². The van der Waals surface area contributed by atoms with Crippen LogP contribution in [0.3, 0.4) is 0 Å². The van der Waals surface area contributed by atoms with E-state index in [-0.39, 0.29) is 25.7 Å². The fourth-order valence-corrected chi connectivity index (χ4v) is 3.02. The van der Waals surface area contributed by atoms with E-state index in [1.54, 1.807) is 18.2 Å². The molecule has 2 rings (SSSR count). The summed E-state index contributed by atoms with van der Waals surface area (Å²) in [7, 11) is 1.50. The minimum atomic E-state index is -1.05. The second kappa shape index (κ2) is 7.30. The number of aliphatic carboxylic acids is 1. The van der Waals surface area contributed by atoms with Crippen LogP contribution in [0.25, 0.3) is 0 Å². The zero-order valence-electron chi connectivity index (χ0n) is 11.8. The number of benzene rings is 1. The Morgan fingerprint density at radius 1 is 1.50 bits per heavy atom. The molecule has 1 aliphatic rings. The number of halogens is 2. The van der Waals surface area contributed by atoms with Gasteiger partial charge in [0, 0.05) is 24.5 Å². The van der Waals surface area contributed by atoms with Gasteiger partial charge in [0.2, 0.25) is 0 Å². The molecule has 1 heterocycles. The smallest absolute Gasteiger partial charge is 0.326 e. The third kappa shape index (κ3) is 3.91. The maximum Gasteiger partial charge on any atom is 0.326 e. The largest absolute Gasteiger partial charge is 0.482 e. The number of hydrogen-bond donors (Lipinski definition) is 1. The van der Waals surface area contributed by atoms with Crippen molar-refractivity contribution in [2.75, 3.05) is 20.3 Å². The van der Waals surface area contributed by atoms with Gasteiger partial charge in [-0.05, 0) is 18.2 Å². The summed E-state index contributed by atoms with van der Waals surface area (Å²) in [6.45, 7) is -0.0364. The van der Waals surface area contributed by atoms with Crippen molar-refractivity contribution in [3.63, 3.8) is 0 Å². The molecule has 0 bridgehead atoms. The lowest BCUT2D eigenvalue weighted by Gasteiger charge is -2.21. The summed E-state index contributed by atoms with van der Waals surface area (Å²) in [4.78, 5) is 24.7. The zero-order valence-corrected chi connectivity index (χ0v) is 14.1. The highest BCUT2D eigenvalue weighted by atomic mass is 79.9. The Morgan fingerprint density at radius 2 is 2.23 bits per heavy atom. The average molecular weight is 393 g/mol. The second-order valence-electron chi connectivity index (χ2n) is 4.86. The number of hydrogen-bond acceptors (Lipinski definition) is 4. The molecule has 1 amide bonds. The average Bonchev–Trinajstić information content (AvgIpc) is 2.90. The van der Waals surface area contributed by atoms with Crippen LogP contribution in [-0.4, -0.2) is 54.3 Å². The van der Waals surface area contributed by atoms with Gasteiger partial charge in [-0.25, -0.2) is 4.79 Å². The molecular formula is C14H15BrClNO5. The van der Waals surface area contributed by atoms with E-state index in [2.05, 4.69) is 15.9 Å². The van der Waals surface area contributed by atoms with Crippen LogP contribution in [0.15, 0.2) is 22.7 Å². The van der Waals surface area contributed by atoms with Crippen molar-refractivity contribution < 1.29 is 24.2 Å². The summed E-state index contributed by atoms with van der Waals surface area (Å²) < 4.78 is 11.3. The van der Waals surface area contributed by atoms with Crippen LogP contribution in [0.5, 0.6) is 5.75 Å². The van der Waals surface area contributed by atoms with E-state index in [1.807, 2.05) is 0 Å². The number of rotatable bonds is 5. The van der Waals surface area contributed by atoms with Crippen LogP contribution < -0.4 is 4.74 Å². The first kappa shape index (κ1) is 17.1. The van der Waals surface area contributed by atoms with Crippen molar-refractivity contribution in [2.24, 2.45) is 0 Å². The SMILES string of the molecule is COC1CC(C(=O)O)N(C(=O)COc2ccc(Br)cc2Cl)C1. The third-order valence-corrected chi connectivity index (χ3v) is 4.24. The standard InChI is InChI=1S/C14H15BrClNO5/c1-21-9-5-11(14(19)20)17(6-9)13(18)7-22-12-3-2-8(15)4-10(12)16/h2-4,9,11H,5-7H2,1H3,(H,19,20). The number of carboxylic acids is 1. The maximum absolute atomic E-state index is 12.2. The first-order valence-corrected chi connectivity index (χ1v) is 7.72. The summed E-state index contributed by atoms with van der Waals surface area (Å²) in [6, 6.07) is 4.14. The third-order valence-electron chi connectivity index (χ3n) is 3.45. The number of likely N-dealkylation sites (tertiary alicyclic amines) is 1. The predicted molar refractivity (Wildman–Crippen MR) is 83.2 cm³/mol. The fourth-order valence-electron chi connectivity index (χ4n) is 2.29. The number of carbonyl (C=O) groups is 2. The topological polar surface area (TPSA) is 76.1 Å². The molecule has 1 saturated heterocycles. The molecule has 0 aliphatic carbocycles. The van der Waals surface area contributed by atoms with Crippen LogP contribution in [0, 0.1) is 0 Å². The molecule has 0 saturated carbocycles. The quantitative estimate of drug-likeness (QED) is 0.831. The molecule has 2 unspecified atom stereocenters. The Labute approximate surface area is 141 Å². The van der Waals surface area contributed by atoms with Crippen LogP contribution in [-0.2, 0) is 14.3 Å². The Morgan fingerprint density at radius 3 is 2.82 bits per heavy atom. The lowest BCUT2D eigenvalue weighted by molar-refractivity contribution is -0.148. The van der Waals surface area contributed by atoms with Gasteiger partial charge in [-0.15, -0.1) is 0 Å². The van der Waals surface area contributed by atoms with Gasteiger partial charge in [0.05, 0.1) is 11.1 Å². The van der Waals surface area contributed by atoms with E-state index in [1.165, 1.54) is 12.0 Å². The van der Waals surface area contributed by atoms with E-state index >= 15 is 0 Å². The van der Waals surface area contributed by atoms with Gasteiger partial charge in [-0.3, -0.25) is 4.79 Å². The van der Waals surface area contributed by atoms with Crippen molar-refractivity contribution in [1.29, 1.82) is 0 Å². The van der Waals surface area contributed by atoms with Crippen molar-refractivity contribution in [3.8, 4) is 5.75 Å². The monoisotopic (exact) mass is 391 g/mol. The van der Waals surface area contributed by atoms with Crippen molar-refractivity contribution in [1.82, 2.24) is 4.90 Å². The molecule has 0 aromatic heterocycles. The summed E-state index contributed by atoms with van der Waals surface area (Å²) in [5.41, 5.74) is 0. The zero-order chi connectivity index (χ0) is 16.3. The van der Waals surface area contributed by atoms with Gasteiger partial charge < -0.3 is 19.5 Å². The highest BCUT2D eigenvalue weighted by Crippen LogP contribution is 2.28. The van der Waals surface area contributed by atoms with E-state index in [9.17, 15) is 14.7 Å². The Hall–Kier alpha value is -1.31. The molecule has 1 aliphatic heterocycles. The van der Waals surface area contributed by atoms with Crippen molar-refractivity contribution in [2.45, 2.75) is 18.6 Å². The summed E-state index contributed by atoms with van der Waals surface area (Å²) in [5, 5.41) is 9.56. The molecule has 0 spiro atoms. The lowest BCUT2D eigenvalue weighted by Crippen LogP contribution is -2.43. The summed E-state index contributed by atoms with van der Waals surface area (Å²) in [5.74, 6) is -1.09. The molecule has 1 fully saturated rings. The van der Waals surface area contributed by atoms with Crippen LogP contribution in [0.4, 0.5) is 0 Å². The van der Waals surface area contributed by atoms with Gasteiger partial charge in [0.25, 0.3) is 5.91 Å². The predicted octanol–water partition coefficient (Wildman–Crippen LogP) is 2.18. The van der Waals surface area contributed by atoms with Crippen molar-refractivity contribution in [3.05, 3.63) is 27.7 Å². The second-order valence-corrected chi connectivity index (χ2v) is 6.18. The highest BCUT2D eigenvalue weighted by molar-refractivity contribution is 9.10. The van der Waals surface area contributed by atoms with Crippen LogP contribution in [0.1, 0.15) is 6.42 Å². The highest BCUT2D eigenvalue weighted by Gasteiger charge is 2.39. The van der Waals surface area contributed by atoms with Gasteiger partial charge in [0.15, 0.2) is 6.61 Å². The number of carboxylic acid groups (broad SMARTS) is 1. The van der Waals surface area contributed by atoms with Gasteiger partial charge in [0.1, 0.15) is 11.8 Å². The molecular weight excluding hydrogens is 378 g/mol. The van der Waals surface area contributed by atoms with Gasteiger partial charge in [-0.1, -0.05) is 27.5 Å². The summed E-state index contributed by atoms with van der Waals surface area (Å²) >= 11 is 9.28. The molecule has 2 atom stereocenters. The number of methoxy groups -OCH3 is 1. The number of nitrogens with zero attached hydrogens (tertiary/aromatic N) is 1. The fraction of sp³-hybridized carbons (Fsp3) is 0.429. The Kier molecular flexibility index (Phi) is 5.66. The molecule has 0 radical (unpaired) electrons. The lowest BCUT2D eigenvalue weighted by atomic mass is 10.2. The van der Waals surface area contributed by atoms with Crippen molar-refractivity contribution >= 4 is 39.4 Å². The number of amides is 1. The molecule has 1 N–H and O–H groups in total. The van der Waals surface area contributed by atoms with Gasteiger partial charge in [-0.2, -0.15) is 0 Å². The van der Waals surface area contributed by atoms with Crippen LogP contribution in [0.2, 0.25) is 5.02 Å². The molecule has 1 aromatic carbocycles. The first-order chi connectivity index (χ1) is 10.4. The minimum absolute atomic E-state index is 0.240. The Balaban J connectivity index is 2.00. The number of ether oxygens (including phenoxy) is 2.